The van der Waals surface area contributed by atoms with Gasteiger partial charge >= 0.3 is 12.1 Å². The van der Waals surface area contributed by atoms with Crippen LogP contribution in [0.25, 0.3) is 11.1 Å². The number of aliphatic hydroxyl groups is 1. The normalized spacial score (nSPS) is 20.3. The second-order valence-electron chi connectivity index (χ2n) is 11.5. The molecule has 2 N–H and O–H groups in total. The smallest absolute Gasteiger partial charge is 0.417 e. The molecule has 0 aromatic heterocycles. The quantitative estimate of drug-likeness (QED) is 0.265. The van der Waals surface area contributed by atoms with Gasteiger partial charge in [-0.2, -0.15) is 13.2 Å². The maximum absolute atomic E-state index is 15.4. The number of carboxylic acid groups (broad SMARTS) is 1. The Morgan fingerprint density at radius 3 is 2.40 bits per heavy atom. The highest BCUT2D eigenvalue weighted by atomic mass is 19.4. The molecule has 7 nitrogen and oxygen atoms in total. The summed E-state index contributed by atoms with van der Waals surface area (Å²) >= 11 is 0. The Morgan fingerprint density at radius 2 is 1.73 bits per heavy atom. The standard InChI is InChI=1S/C32H28F6O7/c33-22-13-21(32(36,37)38)28(16-9-23(34)30(24(35)10-16)44-15-31(41)5-7-42-8-6-31)20-3-4-25(29(20)22)45-18-1-2-19-17(11-27(39)40)14-43-26(19)12-18/h1-2,9-10,12-13,17,25,41H,3-8,11,14-15H2,(H,39,40). The fourth-order valence-electron chi connectivity index (χ4n) is 6.24. The van der Waals surface area contributed by atoms with Crippen molar-refractivity contribution in [1.29, 1.82) is 0 Å². The van der Waals surface area contributed by atoms with E-state index in [-0.39, 0.29) is 74.7 Å². The van der Waals surface area contributed by atoms with Crippen molar-refractivity contribution in [2.75, 3.05) is 26.4 Å². The lowest BCUT2D eigenvalue weighted by Crippen LogP contribution is -2.41. The van der Waals surface area contributed by atoms with E-state index in [1.54, 1.807) is 12.1 Å². The van der Waals surface area contributed by atoms with Crippen molar-refractivity contribution in [3.05, 3.63) is 76.1 Å². The Kier molecular flexibility index (Phi) is 8.10. The molecule has 6 rings (SSSR count). The van der Waals surface area contributed by atoms with E-state index in [9.17, 15) is 23.1 Å². The minimum absolute atomic E-state index is 0.0745. The summed E-state index contributed by atoms with van der Waals surface area (Å²) in [7, 11) is 0. The van der Waals surface area contributed by atoms with Crippen LogP contribution in [0.15, 0.2) is 36.4 Å². The molecular weight excluding hydrogens is 610 g/mol. The zero-order chi connectivity index (χ0) is 32.1. The Labute approximate surface area is 253 Å². The Hall–Kier alpha value is -3.97. The van der Waals surface area contributed by atoms with Gasteiger partial charge in [-0.25, -0.2) is 13.2 Å². The third-order valence-electron chi connectivity index (χ3n) is 8.47. The third-order valence-corrected chi connectivity index (χ3v) is 8.47. The van der Waals surface area contributed by atoms with Crippen LogP contribution in [0.3, 0.4) is 0 Å². The van der Waals surface area contributed by atoms with Gasteiger partial charge in [0.25, 0.3) is 0 Å². The number of ether oxygens (including phenoxy) is 4. The van der Waals surface area contributed by atoms with E-state index in [4.69, 9.17) is 24.1 Å². The summed E-state index contributed by atoms with van der Waals surface area (Å²) in [6.07, 6.45) is -5.85. The molecular formula is C32H28F6O7. The van der Waals surface area contributed by atoms with Crippen LogP contribution in [-0.2, 0) is 22.1 Å². The van der Waals surface area contributed by atoms with Gasteiger partial charge in [0, 0.05) is 49.2 Å². The summed E-state index contributed by atoms with van der Waals surface area (Å²) in [5.41, 5.74) is -3.37. The Morgan fingerprint density at radius 1 is 1.02 bits per heavy atom. The molecule has 1 fully saturated rings. The van der Waals surface area contributed by atoms with E-state index in [1.807, 2.05) is 0 Å². The van der Waals surface area contributed by atoms with Gasteiger partial charge in [0.15, 0.2) is 17.4 Å². The molecule has 3 aromatic rings. The van der Waals surface area contributed by atoms with Crippen LogP contribution in [-0.4, -0.2) is 48.2 Å². The largest absolute Gasteiger partial charge is 0.492 e. The van der Waals surface area contributed by atoms with Gasteiger partial charge in [-0.3, -0.25) is 4.79 Å². The first-order valence-corrected chi connectivity index (χ1v) is 14.3. The van der Waals surface area contributed by atoms with Crippen LogP contribution in [0.5, 0.6) is 17.2 Å². The maximum Gasteiger partial charge on any atom is 0.417 e. The molecule has 0 bridgehead atoms. The third kappa shape index (κ3) is 6.15. The van der Waals surface area contributed by atoms with Gasteiger partial charge in [0.2, 0.25) is 0 Å². The number of fused-ring (bicyclic) bond motifs is 2. The second kappa shape index (κ2) is 11.8. The molecule has 0 radical (unpaired) electrons. The molecule has 0 amide bonds. The Bertz CT molecular complexity index is 1610. The van der Waals surface area contributed by atoms with Crippen molar-refractivity contribution in [1.82, 2.24) is 0 Å². The predicted molar refractivity (Wildman–Crippen MR) is 146 cm³/mol. The van der Waals surface area contributed by atoms with Crippen molar-refractivity contribution >= 4 is 5.97 Å². The molecule has 0 spiro atoms. The van der Waals surface area contributed by atoms with Crippen LogP contribution in [0.4, 0.5) is 26.3 Å². The molecule has 1 aliphatic carbocycles. The summed E-state index contributed by atoms with van der Waals surface area (Å²) in [4.78, 5) is 11.1. The van der Waals surface area contributed by atoms with E-state index in [0.717, 1.165) is 0 Å². The van der Waals surface area contributed by atoms with Crippen molar-refractivity contribution < 1.29 is 60.3 Å². The molecule has 1 saturated heterocycles. The number of aliphatic carboxylic acids is 1. The molecule has 45 heavy (non-hydrogen) atoms. The van der Waals surface area contributed by atoms with Crippen molar-refractivity contribution in [3.8, 4) is 28.4 Å². The fraction of sp³-hybridized carbons (Fsp3) is 0.406. The highest BCUT2D eigenvalue weighted by molar-refractivity contribution is 5.75. The molecule has 13 heteroatoms. The first-order chi connectivity index (χ1) is 21.3. The Balaban J connectivity index is 1.32. The van der Waals surface area contributed by atoms with E-state index in [0.29, 0.717) is 29.5 Å². The number of halogens is 6. The van der Waals surface area contributed by atoms with E-state index >= 15 is 13.2 Å². The number of hydrogen-bond donors (Lipinski definition) is 2. The van der Waals surface area contributed by atoms with Crippen molar-refractivity contribution in [2.45, 2.75) is 55.9 Å². The number of carboxylic acids is 1. The van der Waals surface area contributed by atoms with Crippen LogP contribution in [0, 0.1) is 17.5 Å². The monoisotopic (exact) mass is 638 g/mol. The number of hydrogen-bond acceptors (Lipinski definition) is 6. The van der Waals surface area contributed by atoms with Gasteiger partial charge in [-0.1, -0.05) is 6.07 Å². The number of carbonyl (C=O) groups is 1. The maximum atomic E-state index is 15.4. The van der Waals surface area contributed by atoms with Crippen LogP contribution >= 0.6 is 0 Å². The van der Waals surface area contributed by atoms with Crippen LogP contribution in [0.2, 0.25) is 0 Å². The first-order valence-electron chi connectivity index (χ1n) is 14.3. The minimum Gasteiger partial charge on any atom is -0.492 e. The SMILES string of the molecule is O=C(O)CC1COc2cc(OC3CCc4c(-c5cc(F)c(OCC6(O)CCOCC6)c(F)c5)c(C(F)(F)F)cc(F)c43)ccc21. The minimum atomic E-state index is -5.05. The number of benzene rings is 3. The molecule has 3 aromatic carbocycles. The van der Waals surface area contributed by atoms with Gasteiger partial charge in [0.05, 0.1) is 18.6 Å². The molecule has 3 aliphatic rings. The van der Waals surface area contributed by atoms with Crippen LogP contribution in [0.1, 0.15) is 60.0 Å². The summed E-state index contributed by atoms with van der Waals surface area (Å²) in [5, 5.41) is 19.7. The zero-order valence-electron chi connectivity index (χ0n) is 23.7. The lowest BCUT2D eigenvalue weighted by atomic mass is 9.90. The topological polar surface area (TPSA) is 94.5 Å². The molecule has 0 saturated carbocycles. The lowest BCUT2D eigenvalue weighted by Gasteiger charge is -2.31. The summed E-state index contributed by atoms with van der Waals surface area (Å²) in [6.45, 7) is 0.175. The van der Waals surface area contributed by atoms with Crippen LogP contribution < -0.4 is 14.2 Å². The average molecular weight is 639 g/mol. The zero-order valence-corrected chi connectivity index (χ0v) is 23.7. The summed E-state index contributed by atoms with van der Waals surface area (Å²) < 4.78 is 110. The molecule has 2 atom stereocenters. The fourth-order valence-corrected chi connectivity index (χ4v) is 6.24. The van der Waals surface area contributed by atoms with E-state index in [2.05, 4.69) is 0 Å². The number of alkyl halides is 3. The van der Waals surface area contributed by atoms with Gasteiger partial charge in [0.1, 0.15) is 35.6 Å². The van der Waals surface area contributed by atoms with Gasteiger partial charge in [-0.05, 0) is 53.8 Å². The molecule has 2 heterocycles. The molecule has 240 valence electrons. The predicted octanol–water partition coefficient (Wildman–Crippen LogP) is 6.73. The highest BCUT2D eigenvalue weighted by Gasteiger charge is 2.41. The second-order valence-corrected chi connectivity index (χ2v) is 11.5. The summed E-state index contributed by atoms with van der Waals surface area (Å²) in [6, 6.07) is 6.40. The highest BCUT2D eigenvalue weighted by Crippen LogP contribution is 2.49. The number of rotatable bonds is 8. The van der Waals surface area contributed by atoms with Gasteiger partial charge < -0.3 is 29.2 Å². The first kappa shape index (κ1) is 31.0. The average Bonchev–Trinajstić information content (AvgIpc) is 3.56. The summed E-state index contributed by atoms with van der Waals surface area (Å²) in [5.74, 6) is -5.31. The van der Waals surface area contributed by atoms with Crippen molar-refractivity contribution in [3.63, 3.8) is 0 Å². The molecule has 2 unspecified atom stereocenters. The molecule has 2 aliphatic heterocycles. The van der Waals surface area contributed by atoms with E-state index in [1.165, 1.54) is 6.07 Å². The van der Waals surface area contributed by atoms with E-state index < -0.39 is 70.3 Å². The van der Waals surface area contributed by atoms with Crippen molar-refractivity contribution in [2.24, 2.45) is 0 Å². The lowest BCUT2D eigenvalue weighted by molar-refractivity contribution is -0.138. The van der Waals surface area contributed by atoms with Gasteiger partial charge in [-0.15, -0.1) is 0 Å².